The van der Waals surface area contributed by atoms with Gasteiger partial charge < -0.3 is 5.73 Å². The Morgan fingerprint density at radius 1 is 1.16 bits per heavy atom. The normalized spacial score (nSPS) is 11.7. The minimum Gasteiger partial charge on any atom is -0.396 e. The van der Waals surface area contributed by atoms with Crippen LogP contribution in [0.4, 0.5) is 5.69 Å². The molecule has 7 heteroatoms. The maximum atomic E-state index is 12.3. The van der Waals surface area contributed by atoms with E-state index in [2.05, 4.69) is 9.97 Å². The van der Waals surface area contributed by atoms with Gasteiger partial charge in [-0.2, -0.15) is 4.31 Å². The van der Waals surface area contributed by atoms with E-state index in [4.69, 9.17) is 5.73 Å². The molecule has 0 aliphatic rings. The summed E-state index contributed by atoms with van der Waals surface area (Å²) in [5.41, 5.74) is 6.44. The van der Waals surface area contributed by atoms with Crippen molar-refractivity contribution in [1.29, 1.82) is 0 Å². The van der Waals surface area contributed by atoms with Gasteiger partial charge in [-0.1, -0.05) is 6.07 Å². The smallest absolute Gasteiger partial charge is 0.262 e. The molecule has 0 radical (unpaired) electrons. The summed E-state index contributed by atoms with van der Waals surface area (Å²) in [7, 11) is -2.24. The molecule has 0 aromatic carbocycles. The van der Waals surface area contributed by atoms with Crippen LogP contribution in [0.15, 0.2) is 47.8 Å². The molecule has 0 spiro atoms. The lowest BCUT2D eigenvalue weighted by Gasteiger charge is -2.16. The molecular formula is C12H14N4O2S. The van der Waals surface area contributed by atoms with E-state index < -0.39 is 10.0 Å². The summed E-state index contributed by atoms with van der Waals surface area (Å²) in [5.74, 6) is 0. The van der Waals surface area contributed by atoms with Crippen LogP contribution >= 0.6 is 0 Å². The fourth-order valence-electron chi connectivity index (χ4n) is 1.57. The van der Waals surface area contributed by atoms with Crippen LogP contribution in [0.1, 0.15) is 5.69 Å². The Kier molecular flexibility index (Phi) is 3.77. The fourth-order valence-corrected chi connectivity index (χ4v) is 2.73. The maximum absolute atomic E-state index is 12.3. The molecule has 2 heterocycles. The molecule has 0 amide bonds. The van der Waals surface area contributed by atoms with Crippen molar-refractivity contribution in [3.8, 4) is 0 Å². The highest BCUT2D eigenvalue weighted by Gasteiger charge is 2.24. The van der Waals surface area contributed by atoms with E-state index in [1.54, 1.807) is 30.5 Å². The number of nitrogens with zero attached hydrogens (tertiary/aromatic N) is 3. The van der Waals surface area contributed by atoms with Crippen LogP contribution in [-0.2, 0) is 16.6 Å². The van der Waals surface area contributed by atoms with E-state index in [1.165, 1.54) is 23.6 Å². The Balaban J connectivity index is 2.28. The summed E-state index contributed by atoms with van der Waals surface area (Å²) in [6.07, 6.45) is 3.02. The third-order valence-corrected chi connectivity index (χ3v) is 4.35. The van der Waals surface area contributed by atoms with Gasteiger partial charge in [0.05, 0.1) is 17.9 Å². The van der Waals surface area contributed by atoms with Gasteiger partial charge in [0.1, 0.15) is 0 Å². The molecule has 6 nitrogen and oxygen atoms in total. The third-order valence-electron chi connectivity index (χ3n) is 2.57. The van der Waals surface area contributed by atoms with Crippen molar-refractivity contribution in [2.45, 2.75) is 11.6 Å². The zero-order valence-corrected chi connectivity index (χ0v) is 11.2. The first-order valence-electron chi connectivity index (χ1n) is 5.58. The van der Waals surface area contributed by atoms with Gasteiger partial charge in [-0.3, -0.25) is 4.98 Å². The summed E-state index contributed by atoms with van der Waals surface area (Å²) in [4.78, 5) is 7.93. The Bertz CT molecular complexity index is 658. The minimum absolute atomic E-state index is 0.131. The second-order valence-electron chi connectivity index (χ2n) is 3.98. The van der Waals surface area contributed by atoms with Crippen LogP contribution in [0.2, 0.25) is 0 Å². The van der Waals surface area contributed by atoms with Crippen molar-refractivity contribution in [3.05, 3.63) is 48.4 Å². The van der Waals surface area contributed by atoms with Crippen LogP contribution in [0.5, 0.6) is 0 Å². The molecule has 100 valence electrons. The summed E-state index contributed by atoms with van der Waals surface area (Å²) < 4.78 is 25.8. The van der Waals surface area contributed by atoms with Gasteiger partial charge in [0, 0.05) is 19.4 Å². The summed E-state index contributed by atoms with van der Waals surface area (Å²) in [6, 6.07) is 8.43. The molecule has 0 bridgehead atoms. The molecular weight excluding hydrogens is 264 g/mol. The highest BCUT2D eigenvalue weighted by atomic mass is 32.2. The number of pyridine rings is 2. The van der Waals surface area contributed by atoms with Crippen LogP contribution in [0, 0.1) is 0 Å². The topological polar surface area (TPSA) is 89.2 Å². The average Bonchev–Trinajstić information content (AvgIpc) is 2.40. The number of anilines is 1. The highest BCUT2D eigenvalue weighted by Crippen LogP contribution is 2.19. The third kappa shape index (κ3) is 2.88. The van der Waals surface area contributed by atoms with Crippen LogP contribution in [0.25, 0.3) is 0 Å². The summed E-state index contributed by atoms with van der Waals surface area (Å²) >= 11 is 0. The molecule has 0 unspecified atom stereocenters. The molecule has 0 atom stereocenters. The first kappa shape index (κ1) is 13.4. The van der Waals surface area contributed by atoms with E-state index in [1.807, 2.05) is 0 Å². The number of aromatic nitrogens is 2. The van der Waals surface area contributed by atoms with Gasteiger partial charge in [0.25, 0.3) is 10.0 Å². The van der Waals surface area contributed by atoms with E-state index in [0.717, 1.165) is 0 Å². The number of sulfonamides is 1. The van der Waals surface area contributed by atoms with E-state index in [-0.39, 0.29) is 17.3 Å². The zero-order chi connectivity index (χ0) is 13.9. The van der Waals surface area contributed by atoms with Gasteiger partial charge in [-0.15, -0.1) is 0 Å². The number of hydrogen-bond donors (Lipinski definition) is 1. The van der Waals surface area contributed by atoms with Crippen molar-refractivity contribution in [2.75, 3.05) is 12.8 Å². The second kappa shape index (κ2) is 5.33. The van der Waals surface area contributed by atoms with Crippen molar-refractivity contribution in [2.24, 2.45) is 0 Å². The Hall–Kier alpha value is -1.99. The first-order chi connectivity index (χ1) is 9.01. The van der Waals surface area contributed by atoms with Crippen molar-refractivity contribution >= 4 is 15.7 Å². The van der Waals surface area contributed by atoms with Gasteiger partial charge >= 0.3 is 0 Å². The number of nitrogens with two attached hydrogens (primary N) is 1. The minimum atomic E-state index is -3.71. The zero-order valence-electron chi connectivity index (χ0n) is 10.4. The highest BCUT2D eigenvalue weighted by molar-refractivity contribution is 7.89. The Morgan fingerprint density at radius 3 is 2.53 bits per heavy atom. The SMILES string of the molecule is CN(Cc1ccccn1)S(=O)(=O)c1ncccc1N. The molecule has 2 rings (SSSR count). The van der Waals surface area contributed by atoms with Crippen LogP contribution < -0.4 is 5.73 Å². The maximum Gasteiger partial charge on any atom is 0.262 e. The first-order valence-corrected chi connectivity index (χ1v) is 7.02. The van der Waals surface area contributed by atoms with Gasteiger partial charge in [0.2, 0.25) is 0 Å². The lowest BCUT2D eigenvalue weighted by atomic mass is 10.3. The van der Waals surface area contributed by atoms with E-state index in [9.17, 15) is 8.42 Å². The monoisotopic (exact) mass is 278 g/mol. The van der Waals surface area contributed by atoms with Gasteiger partial charge in [-0.05, 0) is 24.3 Å². The van der Waals surface area contributed by atoms with Gasteiger partial charge in [0.15, 0.2) is 5.03 Å². The number of rotatable bonds is 4. The van der Waals surface area contributed by atoms with E-state index >= 15 is 0 Å². The van der Waals surface area contributed by atoms with Crippen molar-refractivity contribution < 1.29 is 8.42 Å². The fraction of sp³-hybridized carbons (Fsp3) is 0.167. The Labute approximate surface area is 112 Å². The standard InChI is InChI=1S/C12H14N4O2S/c1-16(9-10-5-2-3-7-14-10)19(17,18)12-11(13)6-4-8-15-12/h2-8H,9,13H2,1H3. The molecule has 0 saturated carbocycles. The number of nitrogen functional groups attached to an aromatic ring is 1. The van der Waals surface area contributed by atoms with Gasteiger partial charge in [-0.25, -0.2) is 13.4 Å². The summed E-state index contributed by atoms with van der Waals surface area (Å²) in [6.45, 7) is 0.166. The van der Waals surface area contributed by atoms with Crippen LogP contribution in [0.3, 0.4) is 0 Å². The lowest BCUT2D eigenvalue weighted by molar-refractivity contribution is 0.460. The molecule has 0 saturated heterocycles. The molecule has 2 aromatic heterocycles. The predicted molar refractivity (Wildman–Crippen MR) is 71.5 cm³/mol. The predicted octanol–water partition coefficient (Wildman–Crippen LogP) is 0.880. The molecule has 19 heavy (non-hydrogen) atoms. The largest absolute Gasteiger partial charge is 0.396 e. The van der Waals surface area contributed by atoms with Crippen molar-refractivity contribution in [3.63, 3.8) is 0 Å². The molecule has 0 fully saturated rings. The average molecular weight is 278 g/mol. The number of hydrogen-bond acceptors (Lipinski definition) is 5. The molecule has 0 aliphatic carbocycles. The summed E-state index contributed by atoms with van der Waals surface area (Å²) in [5, 5.41) is -0.131. The molecule has 2 N–H and O–H groups in total. The van der Waals surface area contributed by atoms with E-state index in [0.29, 0.717) is 5.69 Å². The Morgan fingerprint density at radius 2 is 1.89 bits per heavy atom. The molecule has 0 aliphatic heterocycles. The lowest BCUT2D eigenvalue weighted by Crippen LogP contribution is -2.28. The van der Waals surface area contributed by atoms with Crippen molar-refractivity contribution in [1.82, 2.24) is 14.3 Å². The second-order valence-corrected chi connectivity index (χ2v) is 5.94. The quantitative estimate of drug-likeness (QED) is 0.896. The van der Waals surface area contributed by atoms with Crippen LogP contribution in [-0.4, -0.2) is 29.7 Å². The molecule has 2 aromatic rings.